The first-order chi connectivity index (χ1) is 11.2. The molecule has 2 heterocycles. The van der Waals surface area contributed by atoms with Gasteiger partial charge in [-0.05, 0) is 0 Å². The molecule has 0 amide bonds. The van der Waals surface area contributed by atoms with Crippen molar-refractivity contribution in [1.82, 2.24) is 0 Å². The van der Waals surface area contributed by atoms with Gasteiger partial charge in [0.25, 0.3) is 0 Å². The Balaban J connectivity index is 2.16. The first kappa shape index (κ1) is 19.4. The normalized spacial score (nSPS) is 49.8. The minimum Gasteiger partial charge on any atom is -0.479 e. The highest BCUT2D eigenvalue weighted by atomic mass is 16.7. The molecule has 0 bridgehead atoms. The summed E-state index contributed by atoms with van der Waals surface area (Å²) in [7, 11) is 0. The zero-order valence-corrected chi connectivity index (χ0v) is 12.2. The fourth-order valence-corrected chi connectivity index (χ4v) is 2.55. The second-order valence-corrected chi connectivity index (χ2v) is 5.56. The van der Waals surface area contributed by atoms with Gasteiger partial charge in [0.05, 0.1) is 6.61 Å². The third-order valence-electron chi connectivity index (χ3n) is 3.94. The highest BCUT2D eigenvalue weighted by Crippen LogP contribution is 2.28. The van der Waals surface area contributed by atoms with Gasteiger partial charge >= 0.3 is 5.97 Å². The van der Waals surface area contributed by atoms with Crippen molar-refractivity contribution >= 4 is 5.97 Å². The van der Waals surface area contributed by atoms with Crippen LogP contribution in [0.4, 0.5) is 0 Å². The molecule has 12 nitrogen and oxygen atoms in total. The van der Waals surface area contributed by atoms with Crippen LogP contribution in [0.2, 0.25) is 0 Å². The van der Waals surface area contributed by atoms with Gasteiger partial charge in [0.1, 0.15) is 42.7 Å². The number of hydrogen-bond acceptors (Lipinski definition) is 11. The summed E-state index contributed by atoms with van der Waals surface area (Å²) in [4.78, 5) is 11.0. The fourth-order valence-electron chi connectivity index (χ4n) is 2.55. The van der Waals surface area contributed by atoms with Crippen molar-refractivity contribution in [2.75, 3.05) is 6.61 Å². The van der Waals surface area contributed by atoms with Gasteiger partial charge in [0.2, 0.25) is 0 Å². The molecule has 0 aromatic heterocycles. The van der Waals surface area contributed by atoms with Crippen molar-refractivity contribution in [3.05, 3.63) is 0 Å². The lowest BCUT2D eigenvalue weighted by molar-refractivity contribution is -0.351. The number of aliphatic carboxylic acids is 1. The molecule has 2 saturated heterocycles. The smallest absolute Gasteiger partial charge is 0.335 e. The van der Waals surface area contributed by atoms with Gasteiger partial charge in [-0.3, -0.25) is 0 Å². The van der Waals surface area contributed by atoms with E-state index >= 15 is 0 Å². The van der Waals surface area contributed by atoms with Gasteiger partial charge < -0.3 is 55.1 Å². The zero-order valence-electron chi connectivity index (χ0n) is 12.2. The molecular weight excluding hydrogens is 336 g/mol. The van der Waals surface area contributed by atoms with E-state index in [4.69, 9.17) is 19.3 Å². The molecule has 8 N–H and O–H groups in total. The van der Waals surface area contributed by atoms with E-state index in [1.165, 1.54) is 0 Å². The molecule has 2 aliphatic rings. The van der Waals surface area contributed by atoms with Crippen molar-refractivity contribution in [3.63, 3.8) is 0 Å². The first-order valence-electron chi connectivity index (χ1n) is 7.07. The van der Waals surface area contributed by atoms with Crippen LogP contribution in [0.1, 0.15) is 0 Å². The zero-order chi connectivity index (χ0) is 18.2. The third-order valence-corrected chi connectivity index (χ3v) is 3.94. The largest absolute Gasteiger partial charge is 0.479 e. The summed E-state index contributed by atoms with van der Waals surface area (Å²) in [6, 6.07) is 0. The number of carboxylic acid groups (broad SMARTS) is 1. The second kappa shape index (κ2) is 7.53. The van der Waals surface area contributed by atoms with Crippen LogP contribution in [0.5, 0.6) is 0 Å². The SMILES string of the molecule is O=C(O)[C@H]1O[C@@H](O[C@H]2[C@H](O)[C@@H](O)[C@H](O)O[C@@H]2CO)[C@H](O)[C@@H](O)[C@@H]1O. The predicted octanol–water partition coefficient (Wildman–Crippen LogP) is -5.30. The molecule has 12 heteroatoms. The van der Waals surface area contributed by atoms with E-state index in [1.54, 1.807) is 0 Å². The molecule has 2 aliphatic heterocycles. The van der Waals surface area contributed by atoms with Gasteiger partial charge in [-0.1, -0.05) is 0 Å². The average Bonchev–Trinajstić information content (AvgIpc) is 2.54. The van der Waals surface area contributed by atoms with Gasteiger partial charge in [-0.25, -0.2) is 4.79 Å². The van der Waals surface area contributed by atoms with Crippen LogP contribution in [0.25, 0.3) is 0 Å². The Labute approximate surface area is 135 Å². The summed E-state index contributed by atoms with van der Waals surface area (Å²) in [5, 5.41) is 76.2. The molecular formula is C12H20O12. The summed E-state index contributed by atoms with van der Waals surface area (Å²) >= 11 is 0. The number of rotatable bonds is 4. The Bertz CT molecular complexity index is 444. The van der Waals surface area contributed by atoms with Crippen LogP contribution in [-0.4, -0.2) is 115 Å². The molecule has 2 rings (SSSR count). The van der Waals surface area contributed by atoms with Crippen LogP contribution in [0.15, 0.2) is 0 Å². The maximum atomic E-state index is 11.0. The Hall–Kier alpha value is -0.930. The molecule has 10 atom stereocenters. The molecule has 0 aliphatic carbocycles. The van der Waals surface area contributed by atoms with Crippen LogP contribution in [0.3, 0.4) is 0 Å². The first-order valence-corrected chi connectivity index (χ1v) is 7.07. The Morgan fingerprint density at radius 2 is 1.50 bits per heavy atom. The number of aliphatic hydroxyl groups is 7. The molecule has 140 valence electrons. The van der Waals surface area contributed by atoms with E-state index in [0.29, 0.717) is 0 Å². The van der Waals surface area contributed by atoms with E-state index in [1.807, 2.05) is 0 Å². The Morgan fingerprint density at radius 3 is 2.04 bits per heavy atom. The predicted molar refractivity (Wildman–Crippen MR) is 69.2 cm³/mol. The summed E-state index contributed by atoms with van der Waals surface area (Å²) in [6.07, 6.45) is -17.7. The van der Waals surface area contributed by atoms with Crippen LogP contribution in [-0.2, 0) is 19.0 Å². The number of carboxylic acids is 1. The molecule has 0 aromatic rings. The van der Waals surface area contributed by atoms with Crippen LogP contribution < -0.4 is 0 Å². The molecule has 0 radical (unpaired) electrons. The second-order valence-electron chi connectivity index (χ2n) is 5.56. The summed E-state index contributed by atoms with van der Waals surface area (Å²) in [6.45, 7) is -0.748. The average molecular weight is 356 g/mol. The third kappa shape index (κ3) is 3.52. The maximum absolute atomic E-state index is 11.0. The summed E-state index contributed by atoms with van der Waals surface area (Å²) in [5.41, 5.74) is 0. The van der Waals surface area contributed by atoms with Gasteiger partial charge in [-0.2, -0.15) is 0 Å². The van der Waals surface area contributed by atoms with Crippen molar-refractivity contribution in [1.29, 1.82) is 0 Å². The van der Waals surface area contributed by atoms with E-state index in [-0.39, 0.29) is 0 Å². The molecule has 24 heavy (non-hydrogen) atoms. The molecule has 0 saturated carbocycles. The van der Waals surface area contributed by atoms with Gasteiger partial charge in [0, 0.05) is 0 Å². The van der Waals surface area contributed by atoms with Crippen molar-refractivity contribution in [2.45, 2.75) is 61.4 Å². The standard InChI is InChI=1S/C12H20O12/c13-1-2-8(5(16)6(17)11(21)22-2)23-12-7(18)3(14)4(15)9(24-12)10(19)20/h2-9,11-18,21H,1H2,(H,19,20)/t2-,3+,4+,5-,6-,7-,8-,9+,11-,12-/m1/s1. The number of carbonyl (C=O) groups is 1. The minimum absolute atomic E-state index is 0.748. The topological polar surface area (TPSA) is 207 Å². The molecule has 2 fully saturated rings. The highest BCUT2D eigenvalue weighted by molar-refractivity contribution is 5.73. The van der Waals surface area contributed by atoms with Crippen molar-refractivity contribution < 1.29 is 59.9 Å². The minimum atomic E-state index is -1.93. The van der Waals surface area contributed by atoms with E-state index < -0.39 is 74.0 Å². The van der Waals surface area contributed by atoms with Crippen LogP contribution in [0, 0.1) is 0 Å². The number of ether oxygens (including phenoxy) is 3. The van der Waals surface area contributed by atoms with Crippen molar-refractivity contribution in [3.8, 4) is 0 Å². The number of hydrogen-bond donors (Lipinski definition) is 8. The van der Waals surface area contributed by atoms with E-state index in [9.17, 15) is 40.5 Å². The highest BCUT2D eigenvalue weighted by Gasteiger charge is 2.51. The summed E-state index contributed by atoms with van der Waals surface area (Å²) < 4.78 is 14.9. The summed E-state index contributed by atoms with van der Waals surface area (Å²) in [5.74, 6) is -1.63. The van der Waals surface area contributed by atoms with Gasteiger partial charge in [-0.15, -0.1) is 0 Å². The lowest BCUT2D eigenvalue weighted by atomic mass is 9.97. The maximum Gasteiger partial charge on any atom is 0.335 e. The lowest BCUT2D eigenvalue weighted by Gasteiger charge is -2.44. The lowest BCUT2D eigenvalue weighted by Crippen LogP contribution is -2.64. The fraction of sp³-hybridized carbons (Fsp3) is 0.917. The monoisotopic (exact) mass is 356 g/mol. The number of aliphatic hydroxyl groups excluding tert-OH is 7. The van der Waals surface area contributed by atoms with E-state index in [2.05, 4.69) is 0 Å². The Kier molecular flexibility index (Phi) is 6.09. The van der Waals surface area contributed by atoms with Gasteiger partial charge in [0.15, 0.2) is 18.7 Å². The van der Waals surface area contributed by atoms with Crippen LogP contribution >= 0.6 is 0 Å². The Morgan fingerprint density at radius 1 is 0.875 bits per heavy atom. The van der Waals surface area contributed by atoms with E-state index in [0.717, 1.165) is 0 Å². The molecule has 0 spiro atoms. The van der Waals surface area contributed by atoms with Crippen molar-refractivity contribution in [2.24, 2.45) is 0 Å². The molecule has 0 aromatic carbocycles. The quantitative estimate of drug-likeness (QED) is 0.238. The molecule has 0 unspecified atom stereocenters.